The predicted octanol–water partition coefficient (Wildman–Crippen LogP) is -0.760. The highest BCUT2D eigenvalue weighted by Crippen LogP contribution is 2.03. The minimum Gasteiger partial charge on any atom is -0.366 e. The van der Waals surface area contributed by atoms with Crippen LogP contribution in [0.1, 0.15) is 13.3 Å². The van der Waals surface area contributed by atoms with Crippen molar-refractivity contribution in [1.82, 2.24) is 0 Å². The summed E-state index contributed by atoms with van der Waals surface area (Å²) in [6.07, 6.45) is 1.89. The molecule has 0 amide bonds. The first-order valence-electron chi connectivity index (χ1n) is 2.55. The molecule has 0 saturated carbocycles. The molecule has 0 saturated heterocycles. The van der Waals surface area contributed by atoms with Crippen LogP contribution in [-0.2, 0) is 0 Å². The van der Waals surface area contributed by atoms with E-state index in [0.717, 1.165) is 0 Å². The van der Waals surface area contributed by atoms with Crippen LogP contribution in [0.3, 0.4) is 0 Å². The lowest BCUT2D eigenvalue weighted by atomic mass is 10.2. The van der Waals surface area contributed by atoms with E-state index in [1.54, 1.807) is 0 Å². The summed E-state index contributed by atoms with van der Waals surface area (Å²) in [7, 11) is 0. The molecule has 3 nitrogen and oxygen atoms in total. The second kappa shape index (κ2) is 3.02. The molecular weight excluding hydrogens is 106 g/mol. The van der Waals surface area contributed by atoms with Crippen LogP contribution in [0.5, 0.6) is 0 Å². The van der Waals surface area contributed by atoms with Crippen molar-refractivity contribution in [2.24, 2.45) is 5.73 Å². The minimum absolute atomic E-state index is 0.455. The van der Waals surface area contributed by atoms with Gasteiger partial charge in [0, 0.05) is 6.42 Å². The summed E-state index contributed by atoms with van der Waals surface area (Å²) >= 11 is 0. The molecule has 0 atom stereocenters. The van der Waals surface area contributed by atoms with Crippen molar-refractivity contribution in [2.75, 3.05) is 6.54 Å². The van der Waals surface area contributed by atoms with Gasteiger partial charge in [-0.1, -0.05) is 0 Å². The molecule has 0 aliphatic heterocycles. The lowest BCUT2D eigenvalue weighted by Crippen LogP contribution is -2.24. The van der Waals surface area contributed by atoms with Crippen molar-refractivity contribution < 1.29 is 10.2 Å². The summed E-state index contributed by atoms with van der Waals surface area (Å²) in [5.41, 5.74) is 5.08. The SMILES string of the molecule is CC(O)(O)[CH]CCN. The highest BCUT2D eigenvalue weighted by atomic mass is 16.5. The number of hydrogen-bond donors (Lipinski definition) is 3. The van der Waals surface area contributed by atoms with E-state index in [1.807, 2.05) is 0 Å². The van der Waals surface area contributed by atoms with Gasteiger partial charge in [-0.3, -0.25) is 0 Å². The number of hydrogen-bond acceptors (Lipinski definition) is 3. The predicted molar refractivity (Wildman–Crippen MR) is 30.8 cm³/mol. The van der Waals surface area contributed by atoms with E-state index in [4.69, 9.17) is 15.9 Å². The number of rotatable bonds is 3. The molecule has 8 heavy (non-hydrogen) atoms. The molecule has 0 fully saturated rings. The Bertz CT molecular complexity index is 57.9. The van der Waals surface area contributed by atoms with Gasteiger partial charge < -0.3 is 15.9 Å². The van der Waals surface area contributed by atoms with Gasteiger partial charge in [0.25, 0.3) is 0 Å². The lowest BCUT2D eigenvalue weighted by Gasteiger charge is -2.13. The van der Waals surface area contributed by atoms with Gasteiger partial charge in [-0.15, -0.1) is 0 Å². The van der Waals surface area contributed by atoms with E-state index in [2.05, 4.69) is 0 Å². The molecule has 0 spiro atoms. The van der Waals surface area contributed by atoms with E-state index in [0.29, 0.717) is 13.0 Å². The third-order valence-electron chi connectivity index (χ3n) is 0.698. The molecule has 0 heterocycles. The van der Waals surface area contributed by atoms with Gasteiger partial charge in [-0.2, -0.15) is 0 Å². The van der Waals surface area contributed by atoms with Crippen molar-refractivity contribution in [3.63, 3.8) is 0 Å². The Morgan fingerprint density at radius 3 is 2.25 bits per heavy atom. The maximum atomic E-state index is 8.59. The van der Waals surface area contributed by atoms with Crippen LogP contribution in [0.15, 0.2) is 0 Å². The maximum Gasteiger partial charge on any atom is 0.162 e. The molecule has 0 bridgehead atoms. The standard InChI is InChI=1S/C5H12NO2/c1-5(7,8)3-2-4-6/h3,7-8H,2,4,6H2,1H3. The van der Waals surface area contributed by atoms with Crippen LogP contribution in [0.25, 0.3) is 0 Å². The highest BCUT2D eigenvalue weighted by Gasteiger charge is 2.12. The highest BCUT2D eigenvalue weighted by molar-refractivity contribution is 4.77. The molecule has 49 valence electrons. The molecule has 0 rings (SSSR count). The van der Waals surface area contributed by atoms with Crippen molar-refractivity contribution in [2.45, 2.75) is 19.1 Å². The fraction of sp³-hybridized carbons (Fsp3) is 0.800. The minimum atomic E-state index is -1.65. The fourth-order valence-corrected chi connectivity index (χ4v) is 0.357. The van der Waals surface area contributed by atoms with E-state index in [9.17, 15) is 0 Å². The van der Waals surface area contributed by atoms with Crippen molar-refractivity contribution >= 4 is 0 Å². The molecule has 0 aromatic heterocycles. The van der Waals surface area contributed by atoms with Crippen molar-refractivity contribution in [3.8, 4) is 0 Å². The quantitative estimate of drug-likeness (QED) is 0.427. The Morgan fingerprint density at radius 2 is 2.12 bits per heavy atom. The van der Waals surface area contributed by atoms with Crippen LogP contribution in [0.4, 0.5) is 0 Å². The van der Waals surface area contributed by atoms with Crippen LogP contribution in [0.2, 0.25) is 0 Å². The zero-order valence-corrected chi connectivity index (χ0v) is 4.96. The Hall–Kier alpha value is -0.120. The van der Waals surface area contributed by atoms with Gasteiger partial charge >= 0.3 is 0 Å². The monoisotopic (exact) mass is 118 g/mol. The Balaban J connectivity index is 3.11. The van der Waals surface area contributed by atoms with Gasteiger partial charge in [0.2, 0.25) is 0 Å². The molecule has 3 heteroatoms. The van der Waals surface area contributed by atoms with Gasteiger partial charge in [-0.05, 0) is 19.9 Å². The average Bonchev–Trinajstić information content (AvgIpc) is 1.59. The summed E-state index contributed by atoms with van der Waals surface area (Å²) in [5.74, 6) is -1.65. The largest absolute Gasteiger partial charge is 0.366 e. The van der Waals surface area contributed by atoms with Crippen LogP contribution in [-0.4, -0.2) is 22.5 Å². The first kappa shape index (κ1) is 7.88. The summed E-state index contributed by atoms with van der Waals surface area (Å²) in [4.78, 5) is 0. The molecule has 0 aliphatic rings. The molecule has 1 radical (unpaired) electrons. The third-order valence-corrected chi connectivity index (χ3v) is 0.698. The lowest BCUT2D eigenvalue weighted by molar-refractivity contribution is -0.116. The molecule has 0 aliphatic carbocycles. The second-order valence-corrected chi connectivity index (χ2v) is 1.88. The molecule has 4 N–H and O–H groups in total. The maximum absolute atomic E-state index is 8.59. The van der Waals surface area contributed by atoms with Crippen molar-refractivity contribution in [3.05, 3.63) is 6.42 Å². The first-order valence-corrected chi connectivity index (χ1v) is 2.55. The zero-order valence-electron chi connectivity index (χ0n) is 4.96. The number of aliphatic hydroxyl groups is 2. The zero-order chi connectivity index (χ0) is 6.62. The number of nitrogens with two attached hydrogens (primary N) is 1. The van der Waals surface area contributed by atoms with Crippen molar-refractivity contribution in [1.29, 1.82) is 0 Å². The summed E-state index contributed by atoms with van der Waals surface area (Å²) < 4.78 is 0. The van der Waals surface area contributed by atoms with E-state index < -0.39 is 5.79 Å². The molecule has 0 aromatic carbocycles. The topological polar surface area (TPSA) is 66.5 Å². The fourth-order valence-electron chi connectivity index (χ4n) is 0.357. The Labute approximate surface area is 49.1 Å². The van der Waals surface area contributed by atoms with E-state index >= 15 is 0 Å². The smallest absolute Gasteiger partial charge is 0.162 e. The Morgan fingerprint density at radius 1 is 1.62 bits per heavy atom. The van der Waals surface area contributed by atoms with Gasteiger partial charge in [0.15, 0.2) is 5.79 Å². The normalized spacial score (nSPS) is 12.0. The third kappa shape index (κ3) is 5.88. The molecule has 0 aromatic rings. The van der Waals surface area contributed by atoms with E-state index in [1.165, 1.54) is 13.3 Å². The summed E-state index contributed by atoms with van der Waals surface area (Å²) in [5, 5.41) is 17.2. The summed E-state index contributed by atoms with van der Waals surface area (Å²) in [6.45, 7) is 1.75. The average molecular weight is 118 g/mol. The Kier molecular flexibility index (Phi) is 2.97. The van der Waals surface area contributed by atoms with Gasteiger partial charge in [-0.25, -0.2) is 0 Å². The van der Waals surface area contributed by atoms with Gasteiger partial charge in [0.05, 0.1) is 0 Å². The molecule has 0 unspecified atom stereocenters. The van der Waals surface area contributed by atoms with Gasteiger partial charge in [0.1, 0.15) is 0 Å². The van der Waals surface area contributed by atoms with E-state index in [-0.39, 0.29) is 0 Å². The van der Waals surface area contributed by atoms with Crippen LogP contribution >= 0.6 is 0 Å². The van der Waals surface area contributed by atoms with Crippen LogP contribution in [0, 0.1) is 6.42 Å². The first-order chi connectivity index (χ1) is 3.56. The summed E-state index contributed by atoms with van der Waals surface area (Å²) in [6, 6.07) is 0. The second-order valence-electron chi connectivity index (χ2n) is 1.88. The van der Waals surface area contributed by atoms with Crippen LogP contribution < -0.4 is 5.73 Å². The molecular formula is C5H12NO2.